The van der Waals surface area contributed by atoms with Crippen molar-refractivity contribution in [2.24, 2.45) is 5.92 Å². The lowest BCUT2D eigenvalue weighted by Crippen LogP contribution is -2.13. The van der Waals surface area contributed by atoms with Crippen LogP contribution in [-0.2, 0) is 4.79 Å². The third kappa shape index (κ3) is 1.28. The summed E-state index contributed by atoms with van der Waals surface area (Å²) in [5.74, 6) is -0.333. The summed E-state index contributed by atoms with van der Waals surface area (Å²) in [5.41, 5.74) is 0. The Labute approximate surface area is 53.3 Å². The van der Waals surface area contributed by atoms with Gasteiger partial charge in [0, 0.05) is 5.92 Å². The van der Waals surface area contributed by atoms with Gasteiger partial charge in [0.2, 0.25) is 0 Å². The third-order valence-electron chi connectivity index (χ3n) is 1.73. The van der Waals surface area contributed by atoms with Gasteiger partial charge in [0.15, 0.2) is 0 Å². The predicted molar refractivity (Wildman–Crippen MR) is 30.8 cm³/mol. The van der Waals surface area contributed by atoms with E-state index in [0.717, 1.165) is 0 Å². The van der Waals surface area contributed by atoms with Gasteiger partial charge in [-0.05, 0) is 12.8 Å². The van der Waals surface area contributed by atoms with E-state index in [0.29, 0.717) is 19.1 Å². The molecular formula is C6H10O3. The molecular weight excluding hydrogens is 120 g/mol. The molecule has 1 aliphatic carbocycles. The fourth-order valence-electron chi connectivity index (χ4n) is 1.17. The van der Waals surface area contributed by atoms with Gasteiger partial charge < -0.3 is 15.0 Å². The van der Waals surface area contributed by atoms with Gasteiger partial charge in [0.25, 0.3) is 0 Å². The SMILES string of the molecule is O=CC1C[C@@H](O)C[C@H]1O. The lowest BCUT2D eigenvalue weighted by molar-refractivity contribution is -0.113. The lowest BCUT2D eigenvalue weighted by Gasteiger charge is -2.02. The summed E-state index contributed by atoms with van der Waals surface area (Å²) in [6.07, 6.45) is 0.391. The highest BCUT2D eigenvalue weighted by molar-refractivity contribution is 5.55. The number of hydrogen-bond acceptors (Lipinski definition) is 3. The minimum Gasteiger partial charge on any atom is -0.393 e. The van der Waals surface area contributed by atoms with E-state index in [1.165, 1.54) is 0 Å². The van der Waals surface area contributed by atoms with Gasteiger partial charge in [-0.15, -0.1) is 0 Å². The average molecular weight is 130 g/mol. The number of hydrogen-bond donors (Lipinski definition) is 2. The van der Waals surface area contributed by atoms with E-state index in [4.69, 9.17) is 10.2 Å². The molecule has 1 aliphatic rings. The van der Waals surface area contributed by atoms with E-state index in [9.17, 15) is 4.79 Å². The second kappa shape index (κ2) is 2.45. The number of aliphatic hydroxyl groups excluding tert-OH is 2. The molecule has 0 heterocycles. The Hall–Kier alpha value is -0.410. The van der Waals surface area contributed by atoms with Crippen molar-refractivity contribution in [3.05, 3.63) is 0 Å². The zero-order chi connectivity index (χ0) is 6.85. The van der Waals surface area contributed by atoms with Gasteiger partial charge in [0.1, 0.15) is 6.29 Å². The van der Waals surface area contributed by atoms with Crippen molar-refractivity contribution in [2.45, 2.75) is 25.0 Å². The van der Waals surface area contributed by atoms with Gasteiger partial charge in [-0.1, -0.05) is 0 Å². The number of carbonyl (C=O) groups excluding carboxylic acids is 1. The zero-order valence-electron chi connectivity index (χ0n) is 5.03. The maximum atomic E-state index is 10.1. The molecule has 0 saturated heterocycles. The van der Waals surface area contributed by atoms with Crippen molar-refractivity contribution in [3.63, 3.8) is 0 Å². The first-order valence-corrected chi connectivity index (χ1v) is 3.05. The largest absolute Gasteiger partial charge is 0.393 e. The molecule has 2 N–H and O–H groups in total. The summed E-state index contributed by atoms with van der Waals surface area (Å²) >= 11 is 0. The third-order valence-corrected chi connectivity index (χ3v) is 1.73. The van der Waals surface area contributed by atoms with Crippen molar-refractivity contribution in [1.29, 1.82) is 0 Å². The molecule has 3 heteroatoms. The topological polar surface area (TPSA) is 57.5 Å². The Morgan fingerprint density at radius 3 is 2.22 bits per heavy atom. The molecule has 0 aromatic heterocycles. The lowest BCUT2D eigenvalue weighted by atomic mass is 10.1. The van der Waals surface area contributed by atoms with E-state index < -0.39 is 12.2 Å². The van der Waals surface area contributed by atoms with Crippen molar-refractivity contribution in [1.82, 2.24) is 0 Å². The van der Waals surface area contributed by atoms with Crippen molar-refractivity contribution < 1.29 is 15.0 Å². The van der Waals surface area contributed by atoms with E-state index in [2.05, 4.69) is 0 Å². The van der Waals surface area contributed by atoms with Crippen molar-refractivity contribution >= 4 is 6.29 Å². The van der Waals surface area contributed by atoms with E-state index in [1.54, 1.807) is 0 Å². The van der Waals surface area contributed by atoms with Crippen LogP contribution in [0.25, 0.3) is 0 Å². The maximum Gasteiger partial charge on any atom is 0.125 e. The van der Waals surface area contributed by atoms with Crippen molar-refractivity contribution in [2.75, 3.05) is 0 Å². The second-order valence-corrected chi connectivity index (χ2v) is 2.49. The molecule has 1 unspecified atom stereocenters. The van der Waals surface area contributed by atoms with Gasteiger partial charge in [-0.2, -0.15) is 0 Å². The van der Waals surface area contributed by atoms with Crippen LogP contribution in [0.1, 0.15) is 12.8 Å². The molecule has 1 fully saturated rings. The minimum atomic E-state index is -0.613. The maximum absolute atomic E-state index is 10.1. The second-order valence-electron chi connectivity index (χ2n) is 2.49. The molecule has 1 rings (SSSR count). The van der Waals surface area contributed by atoms with Gasteiger partial charge in [0.05, 0.1) is 12.2 Å². The van der Waals surface area contributed by atoms with Crippen LogP contribution in [0, 0.1) is 5.92 Å². The first-order valence-electron chi connectivity index (χ1n) is 3.05. The molecule has 0 spiro atoms. The molecule has 0 aromatic carbocycles. The highest BCUT2D eigenvalue weighted by Gasteiger charge is 2.30. The first kappa shape index (κ1) is 6.71. The predicted octanol–water partition coefficient (Wildman–Crippen LogP) is -0.683. The number of rotatable bonds is 1. The molecule has 1 saturated carbocycles. The molecule has 0 radical (unpaired) electrons. The Morgan fingerprint density at radius 2 is 2.00 bits per heavy atom. The minimum absolute atomic E-state index is 0.333. The molecule has 3 atom stereocenters. The summed E-state index contributed by atoms with van der Waals surface area (Å²) < 4.78 is 0. The van der Waals surface area contributed by atoms with Crippen LogP contribution in [0.15, 0.2) is 0 Å². The van der Waals surface area contributed by atoms with Crippen LogP contribution >= 0.6 is 0 Å². The standard InChI is InChI=1S/C6H10O3/c7-3-4-1-5(8)2-6(4)9/h3-6,8-9H,1-2H2/t4?,5-,6-/m1/s1. The zero-order valence-corrected chi connectivity index (χ0v) is 5.03. The molecule has 0 amide bonds. The van der Waals surface area contributed by atoms with Crippen LogP contribution in [-0.4, -0.2) is 28.7 Å². The summed E-state index contributed by atoms with van der Waals surface area (Å²) in [5, 5.41) is 17.9. The smallest absolute Gasteiger partial charge is 0.125 e. The first-order chi connectivity index (χ1) is 4.24. The fourth-order valence-corrected chi connectivity index (χ4v) is 1.17. The Kier molecular flexibility index (Phi) is 1.83. The van der Waals surface area contributed by atoms with Crippen molar-refractivity contribution in [3.8, 4) is 0 Å². The van der Waals surface area contributed by atoms with E-state index >= 15 is 0 Å². The Bertz CT molecular complexity index is 113. The van der Waals surface area contributed by atoms with Crippen LogP contribution in [0.3, 0.4) is 0 Å². The quantitative estimate of drug-likeness (QED) is 0.462. The highest BCUT2D eigenvalue weighted by atomic mass is 16.3. The Balaban J connectivity index is 2.47. The van der Waals surface area contributed by atoms with Gasteiger partial charge in [-0.25, -0.2) is 0 Å². The highest BCUT2D eigenvalue weighted by Crippen LogP contribution is 2.23. The Morgan fingerprint density at radius 1 is 1.33 bits per heavy atom. The normalized spacial score (nSPS) is 43.1. The van der Waals surface area contributed by atoms with Crippen LogP contribution < -0.4 is 0 Å². The average Bonchev–Trinajstić information content (AvgIpc) is 2.10. The molecule has 0 aliphatic heterocycles. The molecule has 0 aromatic rings. The van der Waals surface area contributed by atoms with E-state index in [1.807, 2.05) is 0 Å². The fraction of sp³-hybridized carbons (Fsp3) is 0.833. The van der Waals surface area contributed by atoms with E-state index in [-0.39, 0.29) is 5.92 Å². The summed E-state index contributed by atoms with van der Waals surface area (Å²) in [4.78, 5) is 10.1. The van der Waals surface area contributed by atoms with Crippen LogP contribution in [0.4, 0.5) is 0 Å². The van der Waals surface area contributed by atoms with Gasteiger partial charge in [-0.3, -0.25) is 0 Å². The van der Waals surface area contributed by atoms with Crippen LogP contribution in [0.5, 0.6) is 0 Å². The van der Waals surface area contributed by atoms with Crippen LogP contribution in [0.2, 0.25) is 0 Å². The number of aldehydes is 1. The molecule has 3 nitrogen and oxygen atoms in total. The number of carbonyl (C=O) groups is 1. The number of aliphatic hydroxyl groups is 2. The van der Waals surface area contributed by atoms with Gasteiger partial charge >= 0.3 is 0 Å². The monoisotopic (exact) mass is 130 g/mol. The molecule has 52 valence electrons. The summed E-state index contributed by atoms with van der Waals surface area (Å²) in [6.45, 7) is 0. The molecule has 0 bridgehead atoms. The summed E-state index contributed by atoms with van der Waals surface area (Å²) in [7, 11) is 0. The summed E-state index contributed by atoms with van der Waals surface area (Å²) in [6, 6.07) is 0. The molecule has 9 heavy (non-hydrogen) atoms.